The Bertz CT molecular complexity index is 631. The van der Waals surface area contributed by atoms with Crippen LogP contribution in [0, 0.1) is 12.8 Å². The van der Waals surface area contributed by atoms with Gasteiger partial charge in [-0.2, -0.15) is 5.10 Å². The van der Waals surface area contributed by atoms with Crippen molar-refractivity contribution < 1.29 is 4.79 Å². The topological polar surface area (TPSA) is 72.9 Å². The fourth-order valence-electron chi connectivity index (χ4n) is 2.51. The lowest BCUT2D eigenvalue weighted by molar-refractivity contribution is 0.0933. The van der Waals surface area contributed by atoms with Crippen LogP contribution in [0.4, 0.5) is 0 Å². The van der Waals surface area contributed by atoms with E-state index in [-0.39, 0.29) is 11.9 Å². The number of hydrogen-bond acceptors (Lipinski definition) is 3. The average Bonchev–Trinajstić information content (AvgIpc) is 3.27. The SMILES string of the molecule is Cc1nn(-c2ccccc2)cc1C(=O)NC(CN)C1CC1. The smallest absolute Gasteiger partial charge is 0.255 e. The molecule has 1 aromatic carbocycles. The summed E-state index contributed by atoms with van der Waals surface area (Å²) in [4.78, 5) is 12.4. The third kappa shape index (κ3) is 2.97. The lowest BCUT2D eigenvalue weighted by Gasteiger charge is -2.15. The molecule has 110 valence electrons. The molecule has 0 spiro atoms. The summed E-state index contributed by atoms with van der Waals surface area (Å²) in [6.07, 6.45) is 4.09. The van der Waals surface area contributed by atoms with Gasteiger partial charge in [0.25, 0.3) is 5.91 Å². The van der Waals surface area contributed by atoms with Crippen molar-refractivity contribution in [1.29, 1.82) is 0 Å². The van der Waals surface area contributed by atoms with E-state index in [1.165, 1.54) is 0 Å². The molecule has 1 saturated carbocycles. The number of aromatic nitrogens is 2. The first-order chi connectivity index (χ1) is 10.2. The molecule has 5 nitrogen and oxygen atoms in total. The second-order valence-corrected chi connectivity index (χ2v) is 5.56. The number of nitrogens with two attached hydrogens (primary N) is 1. The molecule has 2 aromatic rings. The number of para-hydroxylation sites is 1. The largest absolute Gasteiger partial charge is 0.348 e. The Morgan fingerprint density at radius 2 is 2.14 bits per heavy atom. The minimum atomic E-state index is -0.0861. The minimum absolute atomic E-state index is 0.0805. The van der Waals surface area contributed by atoms with Crippen LogP contribution < -0.4 is 11.1 Å². The van der Waals surface area contributed by atoms with Crippen LogP contribution in [0.5, 0.6) is 0 Å². The first-order valence-corrected chi connectivity index (χ1v) is 7.31. The Morgan fingerprint density at radius 1 is 1.43 bits per heavy atom. The molecule has 1 aromatic heterocycles. The summed E-state index contributed by atoms with van der Waals surface area (Å²) in [5.74, 6) is 0.459. The number of amides is 1. The molecular weight excluding hydrogens is 264 g/mol. The van der Waals surface area contributed by atoms with E-state index in [9.17, 15) is 4.79 Å². The standard InChI is InChI=1S/C16H20N4O/c1-11-14(16(21)18-15(9-17)12-7-8-12)10-20(19-11)13-5-3-2-4-6-13/h2-6,10,12,15H,7-9,17H2,1H3,(H,18,21). The third-order valence-corrected chi connectivity index (χ3v) is 3.93. The molecule has 1 unspecified atom stereocenters. The first kappa shape index (κ1) is 13.8. The van der Waals surface area contributed by atoms with Gasteiger partial charge in [-0.3, -0.25) is 4.79 Å². The summed E-state index contributed by atoms with van der Waals surface area (Å²) >= 11 is 0. The fourth-order valence-corrected chi connectivity index (χ4v) is 2.51. The van der Waals surface area contributed by atoms with Gasteiger partial charge in [-0.1, -0.05) is 18.2 Å². The molecule has 1 fully saturated rings. The lowest BCUT2D eigenvalue weighted by atomic mass is 10.1. The van der Waals surface area contributed by atoms with Crippen molar-refractivity contribution in [1.82, 2.24) is 15.1 Å². The number of rotatable bonds is 5. The quantitative estimate of drug-likeness (QED) is 0.877. The fraction of sp³-hybridized carbons (Fsp3) is 0.375. The highest BCUT2D eigenvalue weighted by molar-refractivity contribution is 5.95. The highest BCUT2D eigenvalue weighted by Crippen LogP contribution is 2.32. The molecule has 3 N–H and O–H groups in total. The molecule has 1 atom stereocenters. The van der Waals surface area contributed by atoms with Crippen LogP contribution in [0.25, 0.3) is 5.69 Å². The summed E-state index contributed by atoms with van der Waals surface area (Å²) in [6, 6.07) is 9.85. The summed E-state index contributed by atoms with van der Waals surface area (Å²) in [6.45, 7) is 2.34. The Balaban J connectivity index is 1.79. The van der Waals surface area contributed by atoms with E-state index < -0.39 is 0 Å². The highest BCUT2D eigenvalue weighted by atomic mass is 16.1. The second-order valence-electron chi connectivity index (χ2n) is 5.56. The number of benzene rings is 1. The lowest BCUT2D eigenvalue weighted by Crippen LogP contribution is -2.41. The first-order valence-electron chi connectivity index (χ1n) is 7.31. The zero-order valence-corrected chi connectivity index (χ0v) is 12.1. The van der Waals surface area contributed by atoms with Crippen molar-refractivity contribution in [3.63, 3.8) is 0 Å². The number of nitrogens with zero attached hydrogens (tertiary/aromatic N) is 2. The number of carbonyl (C=O) groups is 1. The van der Waals surface area contributed by atoms with Crippen molar-refractivity contribution in [2.45, 2.75) is 25.8 Å². The van der Waals surface area contributed by atoms with E-state index in [1.807, 2.05) is 37.3 Å². The van der Waals surface area contributed by atoms with Crippen molar-refractivity contribution in [3.05, 3.63) is 47.8 Å². The predicted octanol–water partition coefficient (Wildman–Crippen LogP) is 1.65. The van der Waals surface area contributed by atoms with Crippen LogP contribution in [0.15, 0.2) is 36.5 Å². The van der Waals surface area contributed by atoms with Gasteiger partial charge in [0.1, 0.15) is 0 Å². The van der Waals surface area contributed by atoms with Crippen LogP contribution in [-0.4, -0.2) is 28.3 Å². The minimum Gasteiger partial charge on any atom is -0.348 e. The van der Waals surface area contributed by atoms with E-state index >= 15 is 0 Å². The van der Waals surface area contributed by atoms with Crippen molar-refractivity contribution in [2.75, 3.05) is 6.54 Å². The van der Waals surface area contributed by atoms with E-state index in [0.717, 1.165) is 24.2 Å². The summed E-state index contributed by atoms with van der Waals surface area (Å²) in [5, 5.41) is 7.45. The monoisotopic (exact) mass is 284 g/mol. The van der Waals surface area contributed by atoms with Gasteiger partial charge < -0.3 is 11.1 Å². The molecule has 3 rings (SSSR count). The number of nitrogens with one attached hydrogen (secondary N) is 1. The zero-order chi connectivity index (χ0) is 14.8. The molecular formula is C16H20N4O. The van der Waals surface area contributed by atoms with Gasteiger partial charge in [0.2, 0.25) is 0 Å². The van der Waals surface area contributed by atoms with Gasteiger partial charge in [0.05, 0.1) is 16.9 Å². The van der Waals surface area contributed by atoms with Crippen LogP contribution in [0.3, 0.4) is 0 Å². The third-order valence-electron chi connectivity index (χ3n) is 3.93. The van der Waals surface area contributed by atoms with Gasteiger partial charge in [-0.15, -0.1) is 0 Å². The summed E-state index contributed by atoms with van der Waals surface area (Å²) in [7, 11) is 0. The van der Waals surface area contributed by atoms with E-state index in [1.54, 1.807) is 10.9 Å². The maximum atomic E-state index is 12.4. The van der Waals surface area contributed by atoms with Crippen LogP contribution >= 0.6 is 0 Å². The van der Waals surface area contributed by atoms with Gasteiger partial charge >= 0.3 is 0 Å². The molecule has 21 heavy (non-hydrogen) atoms. The summed E-state index contributed by atoms with van der Waals surface area (Å²) in [5.41, 5.74) is 8.01. The van der Waals surface area contributed by atoms with Crippen LogP contribution in [0.1, 0.15) is 28.9 Å². The maximum Gasteiger partial charge on any atom is 0.255 e. The van der Waals surface area contributed by atoms with Crippen molar-refractivity contribution in [2.24, 2.45) is 11.7 Å². The number of hydrogen-bond donors (Lipinski definition) is 2. The van der Waals surface area contributed by atoms with Crippen molar-refractivity contribution >= 4 is 5.91 Å². The van der Waals surface area contributed by atoms with E-state index in [0.29, 0.717) is 18.0 Å². The maximum absolute atomic E-state index is 12.4. The van der Waals surface area contributed by atoms with Crippen LogP contribution in [-0.2, 0) is 0 Å². The van der Waals surface area contributed by atoms with Crippen molar-refractivity contribution in [3.8, 4) is 5.69 Å². The van der Waals surface area contributed by atoms with Gasteiger partial charge in [0.15, 0.2) is 0 Å². The summed E-state index contributed by atoms with van der Waals surface area (Å²) < 4.78 is 1.73. The zero-order valence-electron chi connectivity index (χ0n) is 12.1. The molecule has 0 aliphatic heterocycles. The molecule has 0 radical (unpaired) electrons. The Hall–Kier alpha value is -2.14. The van der Waals surface area contributed by atoms with Gasteiger partial charge in [-0.25, -0.2) is 4.68 Å². The molecule has 1 aliphatic carbocycles. The molecule has 1 aliphatic rings. The number of aryl methyl sites for hydroxylation is 1. The molecule has 1 heterocycles. The molecule has 1 amide bonds. The molecule has 5 heteroatoms. The van der Waals surface area contributed by atoms with Gasteiger partial charge in [-0.05, 0) is 37.8 Å². The average molecular weight is 284 g/mol. The van der Waals surface area contributed by atoms with Crippen LogP contribution in [0.2, 0.25) is 0 Å². The Morgan fingerprint density at radius 3 is 2.76 bits per heavy atom. The normalized spacial score (nSPS) is 15.7. The Kier molecular flexibility index (Phi) is 3.75. The number of carbonyl (C=O) groups excluding carboxylic acids is 1. The molecule has 0 bridgehead atoms. The van der Waals surface area contributed by atoms with E-state index in [2.05, 4.69) is 10.4 Å². The highest BCUT2D eigenvalue weighted by Gasteiger charge is 2.31. The Labute approximate surface area is 124 Å². The second kappa shape index (κ2) is 5.69. The van der Waals surface area contributed by atoms with Gasteiger partial charge in [0, 0.05) is 18.8 Å². The predicted molar refractivity (Wildman–Crippen MR) is 81.3 cm³/mol. The molecule has 0 saturated heterocycles. The van der Waals surface area contributed by atoms with E-state index in [4.69, 9.17) is 5.73 Å².